The van der Waals surface area contributed by atoms with E-state index in [1.165, 1.54) is 7.11 Å². The Labute approximate surface area is 141 Å². The van der Waals surface area contributed by atoms with Gasteiger partial charge >= 0.3 is 0 Å². The number of benzene rings is 2. The van der Waals surface area contributed by atoms with E-state index in [0.29, 0.717) is 36.0 Å². The van der Waals surface area contributed by atoms with Gasteiger partial charge in [-0.1, -0.05) is 17.7 Å². The quantitative estimate of drug-likeness (QED) is 0.903. The van der Waals surface area contributed by atoms with Crippen molar-refractivity contribution >= 4 is 21.6 Å². The Kier molecular flexibility index (Phi) is 4.44. The van der Waals surface area contributed by atoms with Gasteiger partial charge in [0.1, 0.15) is 12.4 Å². The fourth-order valence-corrected chi connectivity index (χ4v) is 3.41. The molecule has 0 radical (unpaired) electrons. The summed E-state index contributed by atoms with van der Waals surface area (Å²) in [6.45, 7) is 2.95. The van der Waals surface area contributed by atoms with E-state index in [2.05, 4.69) is 9.71 Å². The van der Waals surface area contributed by atoms with E-state index in [1.54, 1.807) is 42.5 Å². The van der Waals surface area contributed by atoms with Crippen molar-refractivity contribution in [2.75, 3.05) is 25.0 Å². The summed E-state index contributed by atoms with van der Waals surface area (Å²) in [6.07, 6.45) is 0. The largest absolute Gasteiger partial charge is 0.497 e. The van der Waals surface area contributed by atoms with E-state index < -0.39 is 10.0 Å². The van der Waals surface area contributed by atoms with Crippen molar-refractivity contribution in [2.24, 2.45) is 4.99 Å². The summed E-state index contributed by atoms with van der Waals surface area (Å²) in [5.74, 6) is 0.971. The van der Waals surface area contributed by atoms with Crippen molar-refractivity contribution in [2.45, 2.75) is 11.8 Å². The van der Waals surface area contributed by atoms with Crippen LogP contribution in [0, 0.1) is 6.92 Å². The number of hydrogen-bond acceptors (Lipinski definition) is 5. The molecule has 24 heavy (non-hydrogen) atoms. The Balaban J connectivity index is 2.00. The number of nitrogens with one attached hydrogen (secondary N) is 1. The highest BCUT2D eigenvalue weighted by Crippen LogP contribution is 2.27. The van der Waals surface area contributed by atoms with Gasteiger partial charge in [0, 0.05) is 6.07 Å². The molecule has 0 atom stereocenters. The highest BCUT2D eigenvalue weighted by molar-refractivity contribution is 7.92. The number of rotatable bonds is 5. The number of hydrogen-bond donors (Lipinski definition) is 1. The maximum absolute atomic E-state index is 12.6. The molecule has 0 aliphatic carbocycles. The topological polar surface area (TPSA) is 77.0 Å². The number of aryl methyl sites for hydroxylation is 1. The summed E-state index contributed by atoms with van der Waals surface area (Å²) in [5.41, 5.74) is 1.95. The molecule has 0 unspecified atom stereocenters. The van der Waals surface area contributed by atoms with Gasteiger partial charge in [0.2, 0.25) is 5.90 Å². The molecule has 1 heterocycles. The summed E-state index contributed by atoms with van der Waals surface area (Å²) in [6, 6.07) is 11.7. The molecule has 7 heteroatoms. The third-order valence-electron chi connectivity index (χ3n) is 3.62. The smallest absolute Gasteiger partial charge is 0.261 e. The Morgan fingerprint density at radius 3 is 2.54 bits per heavy atom. The number of nitrogens with zero attached hydrogens (tertiary/aromatic N) is 1. The van der Waals surface area contributed by atoms with Crippen LogP contribution in [0.3, 0.4) is 0 Å². The van der Waals surface area contributed by atoms with Crippen LogP contribution in [0.2, 0.25) is 0 Å². The molecule has 126 valence electrons. The van der Waals surface area contributed by atoms with E-state index >= 15 is 0 Å². The molecule has 2 aromatic rings. The lowest BCUT2D eigenvalue weighted by Crippen LogP contribution is -2.16. The van der Waals surface area contributed by atoms with E-state index in [4.69, 9.17) is 9.47 Å². The summed E-state index contributed by atoms with van der Waals surface area (Å²) in [5, 5.41) is 0. The van der Waals surface area contributed by atoms with Crippen molar-refractivity contribution in [1.29, 1.82) is 0 Å². The molecule has 3 rings (SSSR count). The lowest BCUT2D eigenvalue weighted by molar-refractivity contribution is 0.348. The third-order valence-corrected chi connectivity index (χ3v) is 5.00. The summed E-state index contributed by atoms with van der Waals surface area (Å²) < 4.78 is 38.6. The van der Waals surface area contributed by atoms with Gasteiger partial charge in [-0.05, 0) is 31.2 Å². The predicted octanol–water partition coefficient (Wildman–Crippen LogP) is 2.58. The first-order chi connectivity index (χ1) is 11.5. The van der Waals surface area contributed by atoms with E-state index in [0.717, 1.165) is 5.56 Å². The monoisotopic (exact) mass is 346 g/mol. The maximum Gasteiger partial charge on any atom is 0.261 e. The Bertz CT molecular complexity index is 874. The minimum Gasteiger partial charge on any atom is -0.497 e. The Morgan fingerprint density at radius 1 is 1.17 bits per heavy atom. The van der Waals surface area contributed by atoms with Gasteiger partial charge in [-0.15, -0.1) is 0 Å². The van der Waals surface area contributed by atoms with Crippen LogP contribution < -0.4 is 9.46 Å². The van der Waals surface area contributed by atoms with Crippen LogP contribution >= 0.6 is 0 Å². The van der Waals surface area contributed by atoms with Crippen molar-refractivity contribution in [1.82, 2.24) is 0 Å². The van der Waals surface area contributed by atoms with Gasteiger partial charge in [-0.3, -0.25) is 4.72 Å². The average molecular weight is 346 g/mol. The van der Waals surface area contributed by atoms with Crippen LogP contribution in [0.25, 0.3) is 0 Å². The fourth-order valence-electron chi connectivity index (χ4n) is 2.34. The van der Waals surface area contributed by atoms with Crippen LogP contribution in [-0.2, 0) is 14.8 Å². The van der Waals surface area contributed by atoms with Crippen LogP contribution in [-0.4, -0.2) is 34.6 Å². The van der Waals surface area contributed by atoms with Gasteiger partial charge in [0.15, 0.2) is 0 Å². The zero-order valence-corrected chi connectivity index (χ0v) is 14.3. The Hall–Kier alpha value is -2.54. The SMILES string of the molecule is COc1ccc(C2=NCCO2)c(NS(=O)(=O)c2ccc(C)cc2)c1. The second-order valence-electron chi connectivity index (χ2n) is 5.37. The molecule has 0 saturated heterocycles. The number of aliphatic imine (C=N–C) groups is 1. The van der Waals surface area contributed by atoms with E-state index in [9.17, 15) is 8.42 Å². The zero-order chi connectivity index (χ0) is 17.2. The maximum atomic E-state index is 12.6. The number of anilines is 1. The molecule has 0 spiro atoms. The van der Waals surface area contributed by atoms with Crippen LogP contribution in [0.15, 0.2) is 52.4 Å². The summed E-state index contributed by atoms with van der Waals surface area (Å²) >= 11 is 0. The average Bonchev–Trinajstić information content (AvgIpc) is 3.09. The van der Waals surface area contributed by atoms with Crippen molar-refractivity contribution < 1.29 is 17.9 Å². The molecule has 0 aromatic heterocycles. The van der Waals surface area contributed by atoms with Crippen molar-refractivity contribution in [3.63, 3.8) is 0 Å². The summed E-state index contributed by atoms with van der Waals surface area (Å²) in [4.78, 5) is 4.45. The molecule has 0 bridgehead atoms. The lowest BCUT2D eigenvalue weighted by atomic mass is 10.1. The molecule has 1 aliphatic heterocycles. The fraction of sp³-hybridized carbons (Fsp3) is 0.235. The molecule has 0 amide bonds. The lowest BCUT2D eigenvalue weighted by Gasteiger charge is -2.14. The molecule has 0 fully saturated rings. The normalized spacial score (nSPS) is 14.0. The molecular formula is C17H18N2O4S. The molecule has 1 aliphatic rings. The highest BCUT2D eigenvalue weighted by atomic mass is 32.2. The van der Waals surface area contributed by atoms with E-state index in [-0.39, 0.29) is 4.90 Å². The minimum atomic E-state index is -3.72. The molecule has 2 aromatic carbocycles. The first kappa shape index (κ1) is 16.3. The zero-order valence-electron chi connectivity index (χ0n) is 13.4. The van der Waals surface area contributed by atoms with Gasteiger partial charge in [-0.2, -0.15) is 0 Å². The molecule has 0 saturated carbocycles. The Morgan fingerprint density at radius 2 is 1.92 bits per heavy atom. The molecule has 1 N–H and O–H groups in total. The van der Waals surface area contributed by atoms with Crippen LogP contribution in [0.1, 0.15) is 11.1 Å². The van der Waals surface area contributed by atoms with Gasteiger partial charge in [0.25, 0.3) is 10.0 Å². The van der Waals surface area contributed by atoms with Crippen LogP contribution in [0.4, 0.5) is 5.69 Å². The van der Waals surface area contributed by atoms with Crippen LogP contribution in [0.5, 0.6) is 5.75 Å². The van der Waals surface area contributed by atoms with Gasteiger partial charge in [-0.25, -0.2) is 13.4 Å². The van der Waals surface area contributed by atoms with E-state index in [1.807, 2.05) is 6.92 Å². The first-order valence-corrected chi connectivity index (χ1v) is 8.93. The van der Waals surface area contributed by atoms with Gasteiger partial charge < -0.3 is 9.47 Å². The van der Waals surface area contributed by atoms with Crippen molar-refractivity contribution in [3.8, 4) is 5.75 Å². The first-order valence-electron chi connectivity index (χ1n) is 7.45. The molecule has 6 nitrogen and oxygen atoms in total. The standard InChI is InChI=1S/C17H18N2O4S/c1-12-3-6-14(7-4-12)24(20,21)19-16-11-13(22-2)5-8-15(16)17-18-9-10-23-17/h3-8,11,19H,9-10H2,1-2H3. The highest BCUT2D eigenvalue weighted by Gasteiger charge is 2.20. The van der Waals surface area contributed by atoms with Crippen molar-refractivity contribution in [3.05, 3.63) is 53.6 Å². The third kappa shape index (κ3) is 3.35. The number of ether oxygens (including phenoxy) is 2. The van der Waals surface area contributed by atoms with Gasteiger partial charge in [0.05, 0.1) is 29.8 Å². The summed E-state index contributed by atoms with van der Waals surface area (Å²) in [7, 11) is -2.20. The second kappa shape index (κ2) is 6.52. The second-order valence-corrected chi connectivity index (χ2v) is 7.05. The predicted molar refractivity (Wildman–Crippen MR) is 92.3 cm³/mol. The molecular weight excluding hydrogens is 328 g/mol. The number of sulfonamides is 1. The minimum absolute atomic E-state index is 0.191. The number of methoxy groups -OCH3 is 1.